The van der Waals surface area contributed by atoms with Crippen LogP contribution in [0.25, 0.3) is 60.9 Å². The molecule has 0 amide bonds. The van der Waals surface area contributed by atoms with Crippen molar-refractivity contribution in [3.63, 3.8) is 0 Å². The summed E-state index contributed by atoms with van der Waals surface area (Å²) < 4.78 is 2.42. The minimum absolute atomic E-state index is 1.12. The fourth-order valence-corrected chi connectivity index (χ4v) is 12.2. The van der Waals surface area contributed by atoms with Gasteiger partial charge in [-0.1, -0.05) is 196 Å². The van der Waals surface area contributed by atoms with Crippen LogP contribution in [0.4, 0.5) is 17.1 Å². The van der Waals surface area contributed by atoms with Gasteiger partial charge in [0.15, 0.2) is 0 Å². The summed E-state index contributed by atoms with van der Waals surface area (Å²) in [6, 6.07) is 70.7. The Morgan fingerprint density at radius 1 is 0.306 bits per heavy atom. The third-order valence-electron chi connectivity index (χ3n) is 12.5. The molecule has 0 spiro atoms. The highest BCUT2D eigenvalue weighted by atomic mass is 28.3. The van der Waals surface area contributed by atoms with E-state index in [0.717, 1.165) is 17.1 Å². The molecule has 9 rings (SSSR count). The fourth-order valence-electron chi connectivity index (χ4n) is 8.71. The summed E-state index contributed by atoms with van der Waals surface area (Å²) in [5.41, 5.74) is 14.4. The molecular weight excluding hydrogens is 797 g/mol. The quantitative estimate of drug-likeness (QED) is 0.124. The second-order valence-electron chi connectivity index (χ2n) is 20.0. The molecule has 0 atom stereocenters. The van der Waals surface area contributed by atoms with Gasteiger partial charge in [-0.05, 0) is 100 Å². The van der Waals surface area contributed by atoms with E-state index in [1.807, 2.05) is 0 Å². The molecule has 0 aliphatic rings. The van der Waals surface area contributed by atoms with Gasteiger partial charge in [0.1, 0.15) is 0 Å². The van der Waals surface area contributed by atoms with Crippen molar-refractivity contribution in [2.75, 3.05) is 4.90 Å². The van der Waals surface area contributed by atoms with E-state index in [1.165, 1.54) is 76.4 Å². The first-order valence-electron chi connectivity index (χ1n) is 22.1. The van der Waals surface area contributed by atoms with Crippen LogP contribution in [0.1, 0.15) is 0 Å². The molecule has 1 heterocycles. The minimum atomic E-state index is -1.53. The van der Waals surface area contributed by atoms with Crippen LogP contribution in [0.3, 0.4) is 0 Å². The molecular formula is C57H58N2Si3. The summed E-state index contributed by atoms with van der Waals surface area (Å²) in [6.07, 6.45) is 0. The molecule has 0 unspecified atom stereocenters. The molecule has 0 saturated heterocycles. The molecule has 1 aromatic heterocycles. The van der Waals surface area contributed by atoms with Gasteiger partial charge in [-0.3, -0.25) is 0 Å². The number of para-hydroxylation sites is 1. The number of anilines is 3. The van der Waals surface area contributed by atoms with Gasteiger partial charge in [-0.25, -0.2) is 0 Å². The first-order chi connectivity index (χ1) is 29.6. The maximum Gasteiger partial charge on any atom is 0.0776 e. The zero-order chi connectivity index (χ0) is 43.4. The van der Waals surface area contributed by atoms with Crippen molar-refractivity contribution in [2.24, 2.45) is 0 Å². The summed E-state index contributed by atoms with van der Waals surface area (Å²) in [4.78, 5) is 2.38. The van der Waals surface area contributed by atoms with Crippen LogP contribution in [-0.2, 0) is 0 Å². The third kappa shape index (κ3) is 8.20. The zero-order valence-electron chi connectivity index (χ0n) is 37.8. The number of aromatic nitrogens is 1. The lowest BCUT2D eigenvalue weighted by atomic mass is 10.0. The first-order valence-corrected chi connectivity index (χ1v) is 32.6. The molecule has 9 aromatic rings. The molecule has 0 aliphatic heterocycles. The van der Waals surface area contributed by atoms with Crippen molar-refractivity contribution in [3.05, 3.63) is 188 Å². The lowest BCUT2D eigenvalue weighted by Crippen LogP contribution is -2.37. The average molecular weight is 855 g/mol. The van der Waals surface area contributed by atoms with E-state index in [-0.39, 0.29) is 0 Å². The molecule has 8 aromatic carbocycles. The van der Waals surface area contributed by atoms with E-state index in [4.69, 9.17) is 0 Å². The molecule has 0 saturated carbocycles. The Balaban J connectivity index is 1.09. The number of hydrogen-bond acceptors (Lipinski definition) is 1. The van der Waals surface area contributed by atoms with Gasteiger partial charge in [-0.2, -0.15) is 0 Å². The third-order valence-corrected chi connectivity index (χ3v) is 18.7. The normalized spacial score (nSPS) is 12.3. The Morgan fingerprint density at radius 3 is 1.03 bits per heavy atom. The van der Waals surface area contributed by atoms with E-state index in [2.05, 4.69) is 256 Å². The second kappa shape index (κ2) is 16.0. The van der Waals surface area contributed by atoms with E-state index < -0.39 is 24.2 Å². The van der Waals surface area contributed by atoms with Crippen LogP contribution in [0, 0.1) is 0 Å². The topological polar surface area (TPSA) is 8.17 Å². The lowest BCUT2D eigenvalue weighted by Gasteiger charge is -2.26. The maximum atomic E-state index is 2.47. The first kappa shape index (κ1) is 41.4. The number of hydrogen-bond donors (Lipinski definition) is 0. The zero-order valence-corrected chi connectivity index (χ0v) is 40.8. The highest BCUT2D eigenvalue weighted by molar-refractivity contribution is 6.89. The molecule has 0 radical (unpaired) electrons. The Kier molecular flexibility index (Phi) is 10.7. The highest BCUT2D eigenvalue weighted by Gasteiger charge is 2.21. The van der Waals surface area contributed by atoms with Crippen LogP contribution < -0.4 is 20.5 Å². The average Bonchev–Trinajstić information content (AvgIpc) is 3.60. The summed E-state index contributed by atoms with van der Waals surface area (Å²) >= 11 is 0. The van der Waals surface area contributed by atoms with Crippen molar-refractivity contribution in [3.8, 4) is 39.1 Å². The van der Waals surface area contributed by atoms with Crippen LogP contribution in [0.2, 0.25) is 58.9 Å². The van der Waals surface area contributed by atoms with Gasteiger partial charge >= 0.3 is 0 Å². The van der Waals surface area contributed by atoms with E-state index in [9.17, 15) is 0 Å². The molecule has 62 heavy (non-hydrogen) atoms. The van der Waals surface area contributed by atoms with Crippen molar-refractivity contribution >= 4 is 78.6 Å². The van der Waals surface area contributed by atoms with Crippen LogP contribution in [-0.4, -0.2) is 28.8 Å². The summed E-state index contributed by atoms with van der Waals surface area (Å²) in [7, 11) is -4.26. The molecule has 2 nitrogen and oxygen atoms in total. The predicted octanol–water partition coefficient (Wildman–Crippen LogP) is 14.9. The summed E-state index contributed by atoms with van der Waals surface area (Å²) in [5.74, 6) is 0. The van der Waals surface area contributed by atoms with E-state index in [0.29, 0.717) is 0 Å². The number of benzene rings is 8. The van der Waals surface area contributed by atoms with E-state index in [1.54, 1.807) is 0 Å². The Morgan fingerprint density at radius 2 is 0.629 bits per heavy atom. The number of rotatable bonds is 10. The van der Waals surface area contributed by atoms with Gasteiger partial charge in [0.2, 0.25) is 0 Å². The molecule has 0 fully saturated rings. The largest absolute Gasteiger partial charge is 0.311 e. The number of nitrogens with zero attached hydrogens (tertiary/aromatic N) is 2. The predicted molar refractivity (Wildman–Crippen MR) is 281 cm³/mol. The van der Waals surface area contributed by atoms with Gasteiger partial charge in [0, 0.05) is 33.5 Å². The van der Waals surface area contributed by atoms with Gasteiger partial charge in [-0.15, -0.1) is 0 Å². The van der Waals surface area contributed by atoms with Gasteiger partial charge in [0.05, 0.1) is 35.3 Å². The molecule has 0 aliphatic carbocycles. The SMILES string of the molecule is C[Si](C)(C)c1ccc(-c2ccc(N(c3ccc(-c4ccc([Si](C)(C)C)cc4)cc3)c3ccc(-c4ccc5c(c4)c4cc([Si](C)(C)C)ccc4n5-c4ccccc4)cc3)cc2)cc1. The van der Waals surface area contributed by atoms with Gasteiger partial charge < -0.3 is 9.47 Å². The number of fused-ring (bicyclic) bond motifs is 3. The lowest BCUT2D eigenvalue weighted by molar-refractivity contribution is 1.18. The fraction of sp³-hybridized carbons (Fsp3) is 0.158. The van der Waals surface area contributed by atoms with Crippen LogP contribution in [0.15, 0.2) is 188 Å². The smallest absolute Gasteiger partial charge is 0.0776 e. The van der Waals surface area contributed by atoms with Crippen LogP contribution in [0.5, 0.6) is 0 Å². The highest BCUT2D eigenvalue weighted by Crippen LogP contribution is 2.39. The Hall–Kier alpha value is -5.99. The van der Waals surface area contributed by atoms with Crippen molar-refractivity contribution in [1.82, 2.24) is 4.57 Å². The van der Waals surface area contributed by atoms with E-state index >= 15 is 0 Å². The molecule has 0 N–H and O–H groups in total. The van der Waals surface area contributed by atoms with Crippen molar-refractivity contribution in [1.29, 1.82) is 0 Å². The summed E-state index contributed by atoms with van der Waals surface area (Å²) in [6.45, 7) is 21.7. The molecule has 5 heteroatoms. The van der Waals surface area contributed by atoms with Crippen molar-refractivity contribution in [2.45, 2.75) is 58.9 Å². The standard InChI is InChI=1S/C57H58N2Si3/c1-60(2,3)51-32-21-43(22-33-51)41-15-26-48(27-16-41)58(49-28-17-42(18-29-49)44-23-34-52(35-24-44)61(4,5)6)50-30-19-45(20-31-50)46-25-37-56-54(39-46)55-40-53(62(7,8)9)36-38-57(55)59(56)47-13-11-10-12-14-47/h10-40H,1-9H3. The monoisotopic (exact) mass is 854 g/mol. The summed E-state index contributed by atoms with van der Waals surface area (Å²) in [5, 5.41) is 7.06. The van der Waals surface area contributed by atoms with Crippen LogP contribution >= 0.6 is 0 Å². The van der Waals surface area contributed by atoms with Gasteiger partial charge in [0.25, 0.3) is 0 Å². The Bertz CT molecular complexity index is 2900. The second-order valence-corrected chi connectivity index (χ2v) is 35.2. The molecule has 0 bridgehead atoms. The van der Waals surface area contributed by atoms with Crippen molar-refractivity contribution < 1.29 is 0 Å². The Labute approximate surface area is 372 Å². The minimum Gasteiger partial charge on any atom is -0.311 e. The molecule has 308 valence electrons. The maximum absolute atomic E-state index is 2.47.